The molecule has 0 unspecified atom stereocenters. The van der Waals surface area contributed by atoms with Crippen LogP contribution in [0.1, 0.15) is 6.92 Å². The van der Waals surface area contributed by atoms with Crippen LogP contribution >= 0.6 is 0 Å². The number of hydrogen-bond donors (Lipinski definition) is 3. The van der Waals surface area contributed by atoms with Crippen molar-refractivity contribution in [3.8, 4) is 0 Å². The molecule has 0 aliphatic rings. The van der Waals surface area contributed by atoms with Gasteiger partial charge in [-0.25, -0.2) is 0 Å². The fourth-order valence-electron chi connectivity index (χ4n) is 0.598. The average molecular weight is 146 g/mol. The highest BCUT2D eigenvalue weighted by molar-refractivity contribution is 4.84. The van der Waals surface area contributed by atoms with E-state index in [4.69, 9.17) is 15.3 Å². The lowest BCUT2D eigenvalue weighted by Gasteiger charge is -2.19. The molecule has 0 rings (SSSR count). The van der Waals surface area contributed by atoms with Crippen molar-refractivity contribution < 1.29 is 15.3 Å². The van der Waals surface area contributed by atoms with E-state index in [0.29, 0.717) is 0 Å². The van der Waals surface area contributed by atoms with E-state index in [1.807, 2.05) is 0 Å². The SMILES string of the molecule is C=C[C@@H](C)[C@@H](O)[C@@H](O)CO. The van der Waals surface area contributed by atoms with Crippen LogP contribution in [-0.2, 0) is 0 Å². The van der Waals surface area contributed by atoms with Gasteiger partial charge in [0.15, 0.2) is 0 Å². The second kappa shape index (κ2) is 4.44. The molecule has 0 aliphatic heterocycles. The molecule has 0 bridgehead atoms. The Morgan fingerprint density at radius 3 is 2.30 bits per heavy atom. The molecule has 0 saturated heterocycles. The van der Waals surface area contributed by atoms with Crippen molar-refractivity contribution in [2.24, 2.45) is 5.92 Å². The minimum atomic E-state index is -1.06. The molecule has 0 saturated carbocycles. The maximum atomic E-state index is 9.10. The summed E-state index contributed by atoms with van der Waals surface area (Å²) in [4.78, 5) is 0. The van der Waals surface area contributed by atoms with E-state index >= 15 is 0 Å². The van der Waals surface area contributed by atoms with Gasteiger partial charge in [-0.05, 0) is 0 Å². The van der Waals surface area contributed by atoms with Gasteiger partial charge in [0.1, 0.15) is 6.10 Å². The Morgan fingerprint density at radius 1 is 1.50 bits per heavy atom. The predicted octanol–water partition coefficient (Wildman–Crippen LogP) is -0.477. The maximum absolute atomic E-state index is 9.10. The minimum absolute atomic E-state index is 0.192. The Hall–Kier alpha value is -0.380. The van der Waals surface area contributed by atoms with Gasteiger partial charge in [-0.3, -0.25) is 0 Å². The highest BCUT2D eigenvalue weighted by Gasteiger charge is 2.19. The standard InChI is InChI=1S/C7H14O3/c1-3-5(2)7(10)6(9)4-8/h3,5-10H,1,4H2,2H3/t5-,6+,7-/m1/s1. The number of aliphatic hydroxyl groups is 3. The summed E-state index contributed by atoms with van der Waals surface area (Å²) in [6.45, 7) is 4.75. The van der Waals surface area contributed by atoms with Crippen LogP contribution in [0.4, 0.5) is 0 Å². The van der Waals surface area contributed by atoms with Crippen LogP contribution in [0.2, 0.25) is 0 Å². The van der Waals surface area contributed by atoms with Gasteiger partial charge < -0.3 is 15.3 Å². The van der Waals surface area contributed by atoms with Crippen LogP contribution in [0.25, 0.3) is 0 Å². The molecule has 0 radical (unpaired) electrons. The molecule has 0 heterocycles. The quantitative estimate of drug-likeness (QED) is 0.469. The smallest absolute Gasteiger partial charge is 0.103 e. The summed E-state index contributed by atoms with van der Waals surface area (Å²) < 4.78 is 0. The third kappa shape index (κ3) is 2.47. The Labute approximate surface area is 60.6 Å². The van der Waals surface area contributed by atoms with Gasteiger partial charge in [-0.2, -0.15) is 0 Å². The third-order valence-electron chi connectivity index (χ3n) is 1.49. The molecule has 0 fully saturated rings. The van der Waals surface area contributed by atoms with Crippen LogP contribution < -0.4 is 0 Å². The van der Waals surface area contributed by atoms with E-state index in [2.05, 4.69) is 6.58 Å². The van der Waals surface area contributed by atoms with Crippen LogP contribution in [-0.4, -0.2) is 34.1 Å². The first-order chi connectivity index (χ1) is 4.63. The molecule has 3 heteroatoms. The fourth-order valence-corrected chi connectivity index (χ4v) is 0.598. The minimum Gasteiger partial charge on any atom is -0.394 e. The molecule has 0 aromatic carbocycles. The van der Waals surface area contributed by atoms with E-state index in [9.17, 15) is 0 Å². The van der Waals surface area contributed by atoms with E-state index in [-0.39, 0.29) is 5.92 Å². The molecule has 0 spiro atoms. The van der Waals surface area contributed by atoms with Crippen molar-refractivity contribution >= 4 is 0 Å². The van der Waals surface area contributed by atoms with Gasteiger partial charge in [0.25, 0.3) is 0 Å². The summed E-state index contributed by atoms with van der Waals surface area (Å²) in [6.07, 6.45) is -0.445. The van der Waals surface area contributed by atoms with Crippen molar-refractivity contribution in [3.63, 3.8) is 0 Å². The summed E-state index contributed by atoms with van der Waals surface area (Å²) in [5.74, 6) is -0.192. The van der Waals surface area contributed by atoms with E-state index < -0.39 is 18.8 Å². The molecule has 3 N–H and O–H groups in total. The van der Waals surface area contributed by atoms with Crippen molar-refractivity contribution in [1.29, 1.82) is 0 Å². The highest BCUT2D eigenvalue weighted by atomic mass is 16.4. The van der Waals surface area contributed by atoms with Gasteiger partial charge in [-0.15, -0.1) is 6.58 Å². The lowest BCUT2D eigenvalue weighted by molar-refractivity contribution is -0.0301. The van der Waals surface area contributed by atoms with Gasteiger partial charge in [0, 0.05) is 5.92 Å². The Kier molecular flexibility index (Phi) is 4.27. The topological polar surface area (TPSA) is 60.7 Å². The zero-order chi connectivity index (χ0) is 8.15. The van der Waals surface area contributed by atoms with Crippen molar-refractivity contribution in [1.82, 2.24) is 0 Å². The summed E-state index contributed by atoms with van der Waals surface area (Å²) >= 11 is 0. The fraction of sp³-hybridized carbons (Fsp3) is 0.714. The molecule has 0 aliphatic carbocycles. The number of rotatable bonds is 4. The van der Waals surface area contributed by atoms with Crippen LogP contribution in [0.15, 0.2) is 12.7 Å². The monoisotopic (exact) mass is 146 g/mol. The highest BCUT2D eigenvalue weighted by Crippen LogP contribution is 2.07. The lowest BCUT2D eigenvalue weighted by Crippen LogP contribution is -2.33. The normalized spacial score (nSPS) is 19.6. The summed E-state index contributed by atoms with van der Waals surface area (Å²) in [5.41, 5.74) is 0. The average Bonchev–Trinajstić information content (AvgIpc) is 2.00. The molecule has 0 amide bonds. The zero-order valence-corrected chi connectivity index (χ0v) is 6.07. The molecule has 3 nitrogen and oxygen atoms in total. The van der Waals surface area contributed by atoms with Gasteiger partial charge in [0.2, 0.25) is 0 Å². The predicted molar refractivity (Wildman–Crippen MR) is 38.5 cm³/mol. The molecule has 3 atom stereocenters. The van der Waals surface area contributed by atoms with Crippen molar-refractivity contribution in [2.45, 2.75) is 19.1 Å². The van der Waals surface area contributed by atoms with Crippen molar-refractivity contribution in [2.75, 3.05) is 6.61 Å². The van der Waals surface area contributed by atoms with Crippen LogP contribution in [0.5, 0.6) is 0 Å². The first kappa shape index (κ1) is 9.62. The van der Waals surface area contributed by atoms with Crippen LogP contribution in [0, 0.1) is 5.92 Å². The first-order valence-electron chi connectivity index (χ1n) is 3.23. The lowest BCUT2D eigenvalue weighted by atomic mass is 10.0. The zero-order valence-electron chi connectivity index (χ0n) is 6.07. The Balaban J connectivity index is 3.80. The number of aliphatic hydroxyl groups excluding tert-OH is 3. The number of hydrogen-bond acceptors (Lipinski definition) is 3. The molecular formula is C7H14O3. The van der Waals surface area contributed by atoms with E-state index in [0.717, 1.165) is 0 Å². The van der Waals surface area contributed by atoms with Gasteiger partial charge in [-0.1, -0.05) is 13.0 Å². The molecule has 0 aromatic heterocycles. The second-order valence-corrected chi connectivity index (χ2v) is 2.34. The van der Waals surface area contributed by atoms with Crippen molar-refractivity contribution in [3.05, 3.63) is 12.7 Å². The largest absolute Gasteiger partial charge is 0.394 e. The summed E-state index contributed by atoms with van der Waals surface area (Å²) in [6, 6.07) is 0. The maximum Gasteiger partial charge on any atom is 0.103 e. The summed E-state index contributed by atoms with van der Waals surface area (Å²) in [5, 5.41) is 26.4. The molecule has 60 valence electrons. The first-order valence-corrected chi connectivity index (χ1v) is 3.23. The molecule has 10 heavy (non-hydrogen) atoms. The molecular weight excluding hydrogens is 132 g/mol. The second-order valence-electron chi connectivity index (χ2n) is 2.34. The third-order valence-corrected chi connectivity index (χ3v) is 1.49. The van der Waals surface area contributed by atoms with E-state index in [1.54, 1.807) is 6.92 Å². The Bertz CT molecular complexity index is 103. The van der Waals surface area contributed by atoms with Gasteiger partial charge in [0.05, 0.1) is 12.7 Å². The van der Waals surface area contributed by atoms with Gasteiger partial charge >= 0.3 is 0 Å². The Morgan fingerprint density at radius 2 is 2.00 bits per heavy atom. The summed E-state index contributed by atoms with van der Waals surface area (Å²) in [7, 11) is 0. The van der Waals surface area contributed by atoms with Crippen LogP contribution in [0.3, 0.4) is 0 Å². The molecule has 0 aromatic rings. The van der Waals surface area contributed by atoms with E-state index in [1.165, 1.54) is 6.08 Å².